The Morgan fingerprint density at radius 1 is 1.28 bits per heavy atom. The van der Waals surface area contributed by atoms with E-state index in [2.05, 4.69) is 15.6 Å². The van der Waals surface area contributed by atoms with Gasteiger partial charge in [0, 0.05) is 12.6 Å². The maximum atomic E-state index is 12.2. The number of benzene rings is 1. The van der Waals surface area contributed by atoms with Crippen LogP contribution >= 0.6 is 0 Å². The molecule has 0 bridgehead atoms. The van der Waals surface area contributed by atoms with Gasteiger partial charge in [-0.2, -0.15) is 0 Å². The molecule has 1 fully saturated rings. The number of carbonyl (C=O) groups is 1. The average Bonchev–Trinajstić information content (AvgIpc) is 2.92. The predicted octanol–water partition coefficient (Wildman–Crippen LogP) is 1.92. The van der Waals surface area contributed by atoms with Gasteiger partial charge in [-0.05, 0) is 31.0 Å². The molecule has 1 amide bonds. The molecule has 0 spiro atoms. The number of sulfone groups is 1. The molecule has 1 aromatic carbocycles. The Morgan fingerprint density at radius 3 is 2.76 bits per heavy atom. The quantitative estimate of drug-likeness (QED) is 0.851. The Hall–Kier alpha value is -2.41. The predicted molar refractivity (Wildman–Crippen MR) is 97.3 cm³/mol. The van der Waals surface area contributed by atoms with Crippen molar-refractivity contribution < 1.29 is 13.2 Å². The number of anilines is 1. The Labute approximate surface area is 147 Å². The van der Waals surface area contributed by atoms with Crippen molar-refractivity contribution in [2.75, 3.05) is 16.8 Å². The lowest BCUT2D eigenvalue weighted by molar-refractivity contribution is 0.0946. The number of hydrogen-bond acceptors (Lipinski definition) is 5. The molecule has 1 aromatic heterocycles. The Kier molecular flexibility index (Phi) is 5.03. The van der Waals surface area contributed by atoms with Crippen molar-refractivity contribution in [3.05, 3.63) is 59.4 Å². The second-order valence-corrected chi connectivity index (χ2v) is 8.58. The third kappa shape index (κ3) is 4.79. The number of hydrogen-bond donors (Lipinski definition) is 2. The van der Waals surface area contributed by atoms with Crippen LogP contribution in [0.2, 0.25) is 0 Å². The molecule has 2 aromatic rings. The highest BCUT2D eigenvalue weighted by molar-refractivity contribution is 7.91. The third-order valence-electron chi connectivity index (χ3n) is 4.13. The van der Waals surface area contributed by atoms with Crippen LogP contribution in [-0.2, 0) is 16.4 Å². The molecule has 1 unspecified atom stereocenters. The lowest BCUT2D eigenvalue weighted by atomic mass is 10.1. The van der Waals surface area contributed by atoms with Crippen molar-refractivity contribution >= 4 is 21.4 Å². The number of nitrogens with one attached hydrogen (secondary N) is 2. The topological polar surface area (TPSA) is 88.2 Å². The molecule has 0 radical (unpaired) electrons. The van der Waals surface area contributed by atoms with Gasteiger partial charge in [0.1, 0.15) is 5.69 Å². The molecule has 2 heterocycles. The fraction of sp³-hybridized carbons (Fsp3) is 0.333. The van der Waals surface area contributed by atoms with E-state index >= 15 is 0 Å². The summed E-state index contributed by atoms with van der Waals surface area (Å²) in [7, 11) is -2.92. The van der Waals surface area contributed by atoms with E-state index in [-0.39, 0.29) is 23.5 Å². The molecule has 6 nitrogen and oxygen atoms in total. The van der Waals surface area contributed by atoms with Crippen LogP contribution in [0.15, 0.2) is 42.6 Å². The first kappa shape index (κ1) is 17.4. The summed E-state index contributed by atoms with van der Waals surface area (Å²) < 4.78 is 23.0. The Morgan fingerprint density at radius 2 is 2.12 bits per heavy atom. The summed E-state index contributed by atoms with van der Waals surface area (Å²) in [4.78, 5) is 16.3. The van der Waals surface area contributed by atoms with E-state index in [4.69, 9.17) is 0 Å². The van der Waals surface area contributed by atoms with Crippen LogP contribution in [0, 0.1) is 6.92 Å². The number of carbonyl (C=O) groups excluding carboxylic acids is 1. The van der Waals surface area contributed by atoms with Crippen LogP contribution in [0.4, 0.5) is 5.69 Å². The van der Waals surface area contributed by atoms with Gasteiger partial charge in [-0.1, -0.05) is 29.8 Å². The normalized spacial score (nSPS) is 18.7. The molecule has 3 rings (SSSR count). The molecular weight excluding hydrogens is 338 g/mol. The summed E-state index contributed by atoms with van der Waals surface area (Å²) in [6.45, 7) is 2.45. The highest BCUT2D eigenvalue weighted by atomic mass is 32.2. The smallest absolute Gasteiger partial charge is 0.270 e. The summed E-state index contributed by atoms with van der Waals surface area (Å²) in [5.41, 5.74) is 3.23. The molecule has 1 aliphatic rings. The molecule has 1 aliphatic heterocycles. The van der Waals surface area contributed by atoms with Crippen molar-refractivity contribution in [2.24, 2.45) is 0 Å². The largest absolute Gasteiger partial charge is 0.380 e. The molecule has 7 heteroatoms. The molecular formula is C18H21N3O3S. The van der Waals surface area contributed by atoms with Gasteiger partial charge in [-0.15, -0.1) is 0 Å². The molecule has 132 valence electrons. The van der Waals surface area contributed by atoms with Gasteiger partial charge in [-0.3, -0.25) is 4.79 Å². The van der Waals surface area contributed by atoms with Crippen molar-refractivity contribution in [3.8, 4) is 0 Å². The standard InChI is InChI=1S/C18H21N3O3S/c1-13-3-2-4-14(9-13)10-20-18(22)17-6-5-15(11-19-17)21-16-7-8-25(23,24)12-16/h2-6,9,11,16,21H,7-8,10,12H2,1H3,(H,20,22). The van der Waals surface area contributed by atoms with Crippen LogP contribution in [0.25, 0.3) is 0 Å². The summed E-state index contributed by atoms with van der Waals surface area (Å²) >= 11 is 0. The molecule has 25 heavy (non-hydrogen) atoms. The van der Waals surface area contributed by atoms with Gasteiger partial charge < -0.3 is 10.6 Å². The van der Waals surface area contributed by atoms with Crippen LogP contribution in [0.3, 0.4) is 0 Å². The van der Waals surface area contributed by atoms with Gasteiger partial charge >= 0.3 is 0 Å². The first-order valence-electron chi connectivity index (χ1n) is 8.18. The maximum Gasteiger partial charge on any atom is 0.270 e. The monoisotopic (exact) mass is 359 g/mol. The van der Waals surface area contributed by atoms with Gasteiger partial charge in [-0.25, -0.2) is 13.4 Å². The lowest BCUT2D eigenvalue weighted by Crippen LogP contribution is -2.24. The van der Waals surface area contributed by atoms with E-state index in [0.717, 1.165) is 16.8 Å². The number of pyridine rings is 1. The van der Waals surface area contributed by atoms with Gasteiger partial charge in [0.2, 0.25) is 0 Å². The summed E-state index contributed by atoms with van der Waals surface area (Å²) in [5.74, 6) is 0.125. The van der Waals surface area contributed by atoms with E-state index in [0.29, 0.717) is 18.7 Å². The zero-order chi connectivity index (χ0) is 17.9. The number of rotatable bonds is 5. The Bertz CT molecular complexity index is 863. The summed E-state index contributed by atoms with van der Waals surface area (Å²) in [6.07, 6.45) is 2.16. The summed E-state index contributed by atoms with van der Waals surface area (Å²) in [6, 6.07) is 11.2. The lowest BCUT2D eigenvalue weighted by Gasteiger charge is -2.12. The summed E-state index contributed by atoms with van der Waals surface area (Å²) in [5, 5.41) is 6.00. The maximum absolute atomic E-state index is 12.2. The van der Waals surface area contributed by atoms with Gasteiger partial charge in [0.25, 0.3) is 5.91 Å². The Balaban J connectivity index is 1.55. The minimum absolute atomic E-state index is 0.0900. The minimum Gasteiger partial charge on any atom is -0.380 e. The van der Waals surface area contributed by atoms with Crippen molar-refractivity contribution in [3.63, 3.8) is 0 Å². The third-order valence-corrected chi connectivity index (χ3v) is 5.90. The number of aromatic nitrogens is 1. The second kappa shape index (κ2) is 7.23. The number of nitrogens with zero attached hydrogens (tertiary/aromatic N) is 1. The van der Waals surface area contributed by atoms with E-state index in [1.165, 1.54) is 0 Å². The number of aryl methyl sites for hydroxylation is 1. The van der Waals surface area contributed by atoms with Gasteiger partial charge in [0.15, 0.2) is 9.84 Å². The van der Waals surface area contributed by atoms with Gasteiger partial charge in [0.05, 0.1) is 23.4 Å². The van der Waals surface area contributed by atoms with E-state index in [1.807, 2.05) is 31.2 Å². The number of amides is 1. The van der Waals surface area contributed by atoms with Crippen LogP contribution in [0.1, 0.15) is 28.0 Å². The van der Waals surface area contributed by atoms with Crippen molar-refractivity contribution in [1.82, 2.24) is 10.3 Å². The zero-order valence-electron chi connectivity index (χ0n) is 14.0. The SMILES string of the molecule is Cc1cccc(CNC(=O)c2ccc(NC3CCS(=O)(=O)C3)cn2)c1. The first-order valence-corrected chi connectivity index (χ1v) is 10.0. The average molecular weight is 359 g/mol. The van der Waals surface area contributed by atoms with Crippen LogP contribution in [-0.4, -0.2) is 36.9 Å². The highest BCUT2D eigenvalue weighted by Crippen LogP contribution is 2.17. The fourth-order valence-electron chi connectivity index (χ4n) is 2.85. The highest BCUT2D eigenvalue weighted by Gasteiger charge is 2.27. The van der Waals surface area contributed by atoms with E-state index in [9.17, 15) is 13.2 Å². The fourth-order valence-corrected chi connectivity index (χ4v) is 4.53. The molecule has 1 atom stereocenters. The van der Waals surface area contributed by atoms with Crippen molar-refractivity contribution in [1.29, 1.82) is 0 Å². The van der Waals surface area contributed by atoms with Crippen molar-refractivity contribution in [2.45, 2.75) is 25.9 Å². The van der Waals surface area contributed by atoms with Crippen LogP contribution in [0.5, 0.6) is 0 Å². The van der Waals surface area contributed by atoms with E-state index in [1.54, 1.807) is 18.3 Å². The first-order chi connectivity index (χ1) is 11.9. The second-order valence-electron chi connectivity index (χ2n) is 6.35. The molecule has 1 saturated heterocycles. The molecule has 0 aliphatic carbocycles. The molecule has 2 N–H and O–H groups in total. The van der Waals surface area contributed by atoms with E-state index < -0.39 is 9.84 Å². The zero-order valence-corrected chi connectivity index (χ0v) is 14.8. The van der Waals surface area contributed by atoms with Crippen LogP contribution < -0.4 is 10.6 Å². The minimum atomic E-state index is -2.92. The molecule has 0 saturated carbocycles.